The average Bonchev–Trinajstić information content (AvgIpc) is 2.59. The fourth-order valence-electron chi connectivity index (χ4n) is 3.31. The summed E-state index contributed by atoms with van der Waals surface area (Å²) in [5.74, 6) is 0.951. The second-order valence-corrected chi connectivity index (χ2v) is 6.64. The molecule has 0 saturated carbocycles. The number of carbonyl (C=O) groups excluding carboxylic acids is 2. The van der Waals surface area contributed by atoms with Gasteiger partial charge in [0.15, 0.2) is 5.78 Å². The molecule has 0 radical (unpaired) electrons. The first-order valence-corrected chi connectivity index (χ1v) is 9.00. The van der Waals surface area contributed by atoms with Crippen molar-refractivity contribution >= 4 is 11.7 Å². The van der Waals surface area contributed by atoms with Gasteiger partial charge in [-0.3, -0.25) is 9.59 Å². The molecule has 0 N–H and O–H groups in total. The Morgan fingerprint density at radius 2 is 1.70 bits per heavy atom. The van der Waals surface area contributed by atoms with Gasteiger partial charge in [-0.1, -0.05) is 50.5 Å². The first kappa shape index (κ1) is 17.7. The molecular formula is C20H29NO2. The molecule has 1 heterocycles. The number of amides is 1. The third kappa shape index (κ3) is 5.19. The topological polar surface area (TPSA) is 37.4 Å². The number of hydrogen-bond acceptors (Lipinski definition) is 2. The minimum Gasteiger partial charge on any atom is -0.343 e. The van der Waals surface area contributed by atoms with Gasteiger partial charge in [-0.25, -0.2) is 0 Å². The minimum atomic E-state index is 0.111. The monoisotopic (exact) mass is 315 g/mol. The Kier molecular flexibility index (Phi) is 6.82. The molecule has 1 aliphatic rings. The molecule has 2 rings (SSSR count). The zero-order valence-electron chi connectivity index (χ0n) is 14.5. The Balaban J connectivity index is 1.79. The van der Waals surface area contributed by atoms with E-state index in [1.807, 2.05) is 17.0 Å². The van der Waals surface area contributed by atoms with Crippen molar-refractivity contribution in [2.24, 2.45) is 0 Å². The molecule has 0 bridgehead atoms. The second-order valence-electron chi connectivity index (χ2n) is 6.64. The third-order valence-electron chi connectivity index (χ3n) is 4.88. The molecule has 1 saturated heterocycles. The molecule has 3 heteroatoms. The fraction of sp³-hybridized carbons (Fsp3) is 0.600. The maximum Gasteiger partial charge on any atom is 0.222 e. The first-order valence-electron chi connectivity index (χ1n) is 9.00. The SMILES string of the molecule is CCCCCCC(=O)N1CCC(c2ccc(C(C)=O)cc2)CC1. The molecule has 0 aromatic heterocycles. The number of carbonyl (C=O) groups is 2. The van der Waals surface area contributed by atoms with Gasteiger partial charge in [0.05, 0.1) is 0 Å². The molecule has 1 fully saturated rings. The van der Waals surface area contributed by atoms with Crippen molar-refractivity contribution < 1.29 is 9.59 Å². The van der Waals surface area contributed by atoms with Crippen molar-refractivity contribution in [3.8, 4) is 0 Å². The highest BCUT2D eigenvalue weighted by molar-refractivity contribution is 5.94. The lowest BCUT2D eigenvalue weighted by atomic mass is 9.88. The minimum absolute atomic E-state index is 0.111. The molecule has 1 aromatic carbocycles. The van der Waals surface area contributed by atoms with E-state index in [2.05, 4.69) is 19.1 Å². The van der Waals surface area contributed by atoms with Crippen LogP contribution in [-0.2, 0) is 4.79 Å². The molecule has 0 unspecified atom stereocenters. The van der Waals surface area contributed by atoms with Crippen molar-refractivity contribution in [2.45, 2.75) is 64.7 Å². The Morgan fingerprint density at radius 3 is 2.26 bits per heavy atom. The normalized spacial score (nSPS) is 15.7. The van der Waals surface area contributed by atoms with Gasteiger partial charge >= 0.3 is 0 Å². The van der Waals surface area contributed by atoms with Crippen LogP contribution in [0.4, 0.5) is 0 Å². The number of piperidine rings is 1. The van der Waals surface area contributed by atoms with Crippen LogP contribution in [-0.4, -0.2) is 29.7 Å². The molecule has 0 spiro atoms. The van der Waals surface area contributed by atoms with Crippen LogP contribution in [0.3, 0.4) is 0 Å². The quantitative estimate of drug-likeness (QED) is 0.546. The number of likely N-dealkylation sites (tertiary alicyclic amines) is 1. The Hall–Kier alpha value is -1.64. The van der Waals surface area contributed by atoms with E-state index in [9.17, 15) is 9.59 Å². The van der Waals surface area contributed by atoms with Crippen LogP contribution in [0, 0.1) is 0 Å². The van der Waals surface area contributed by atoms with E-state index in [-0.39, 0.29) is 5.78 Å². The Bertz CT molecular complexity index is 513. The van der Waals surface area contributed by atoms with Crippen LogP contribution < -0.4 is 0 Å². The number of benzene rings is 1. The number of Topliss-reactive ketones (excluding diaryl/α,β-unsaturated/α-hetero) is 1. The van der Waals surface area contributed by atoms with Gasteiger partial charge in [0.2, 0.25) is 5.91 Å². The molecule has 0 atom stereocenters. The predicted octanol–water partition coefficient (Wildman–Crippen LogP) is 4.57. The van der Waals surface area contributed by atoms with Crippen LogP contribution in [0.2, 0.25) is 0 Å². The van der Waals surface area contributed by atoms with Crippen LogP contribution in [0.25, 0.3) is 0 Å². The lowest BCUT2D eigenvalue weighted by molar-refractivity contribution is -0.132. The molecule has 3 nitrogen and oxygen atoms in total. The summed E-state index contributed by atoms with van der Waals surface area (Å²) >= 11 is 0. The van der Waals surface area contributed by atoms with Crippen molar-refractivity contribution in [1.82, 2.24) is 4.90 Å². The number of unbranched alkanes of at least 4 members (excludes halogenated alkanes) is 3. The predicted molar refractivity (Wildman–Crippen MR) is 93.8 cm³/mol. The highest BCUT2D eigenvalue weighted by atomic mass is 16.2. The number of ketones is 1. The average molecular weight is 315 g/mol. The van der Waals surface area contributed by atoms with Crippen LogP contribution >= 0.6 is 0 Å². The smallest absolute Gasteiger partial charge is 0.222 e. The lowest BCUT2D eigenvalue weighted by Gasteiger charge is -2.32. The Morgan fingerprint density at radius 1 is 1.04 bits per heavy atom. The third-order valence-corrected chi connectivity index (χ3v) is 4.88. The zero-order chi connectivity index (χ0) is 16.7. The molecular weight excluding hydrogens is 286 g/mol. The van der Waals surface area contributed by atoms with E-state index in [1.54, 1.807) is 6.92 Å². The van der Waals surface area contributed by atoms with E-state index in [0.29, 0.717) is 18.2 Å². The molecule has 0 aliphatic carbocycles. The maximum atomic E-state index is 12.2. The summed E-state index contributed by atoms with van der Waals surface area (Å²) in [6.07, 6.45) is 7.39. The number of nitrogens with zero attached hydrogens (tertiary/aromatic N) is 1. The summed E-state index contributed by atoms with van der Waals surface area (Å²) in [7, 11) is 0. The van der Waals surface area contributed by atoms with Crippen LogP contribution in [0.15, 0.2) is 24.3 Å². The van der Waals surface area contributed by atoms with Crippen molar-refractivity contribution in [3.63, 3.8) is 0 Å². The summed E-state index contributed by atoms with van der Waals surface area (Å²) < 4.78 is 0. The van der Waals surface area contributed by atoms with E-state index in [4.69, 9.17) is 0 Å². The number of rotatable bonds is 7. The van der Waals surface area contributed by atoms with Gasteiger partial charge in [0, 0.05) is 25.1 Å². The van der Waals surface area contributed by atoms with Gasteiger partial charge in [0.25, 0.3) is 0 Å². The summed E-state index contributed by atoms with van der Waals surface area (Å²) in [5, 5.41) is 0. The zero-order valence-corrected chi connectivity index (χ0v) is 14.5. The van der Waals surface area contributed by atoms with Crippen LogP contribution in [0.1, 0.15) is 80.6 Å². The highest BCUT2D eigenvalue weighted by Crippen LogP contribution is 2.28. The summed E-state index contributed by atoms with van der Waals surface area (Å²) in [6, 6.07) is 7.99. The summed E-state index contributed by atoms with van der Waals surface area (Å²) in [4.78, 5) is 25.6. The van der Waals surface area contributed by atoms with Crippen molar-refractivity contribution in [2.75, 3.05) is 13.1 Å². The van der Waals surface area contributed by atoms with Gasteiger partial charge < -0.3 is 4.90 Å². The van der Waals surface area contributed by atoms with E-state index >= 15 is 0 Å². The van der Waals surface area contributed by atoms with Crippen molar-refractivity contribution in [1.29, 1.82) is 0 Å². The summed E-state index contributed by atoms with van der Waals surface area (Å²) in [6.45, 7) is 5.52. The maximum absolute atomic E-state index is 12.2. The van der Waals surface area contributed by atoms with E-state index < -0.39 is 0 Å². The molecule has 1 amide bonds. The lowest BCUT2D eigenvalue weighted by Crippen LogP contribution is -2.37. The highest BCUT2D eigenvalue weighted by Gasteiger charge is 2.23. The second kappa shape index (κ2) is 8.85. The van der Waals surface area contributed by atoms with Crippen LogP contribution in [0.5, 0.6) is 0 Å². The van der Waals surface area contributed by atoms with E-state index in [1.165, 1.54) is 24.8 Å². The van der Waals surface area contributed by atoms with Gasteiger partial charge in [0.1, 0.15) is 0 Å². The van der Waals surface area contributed by atoms with Gasteiger partial charge in [-0.2, -0.15) is 0 Å². The van der Waals surface area contributed by atoms with Gasteiger partial charge in [-0.05, 0) is 37.7 Å². The van der Waals surface area contributed by atoms with Gasteiger partial charge in [-0.15, -0.1) is 0 Å². The number of hydrogen-bond donors (Lipinski definition) is 0. The summed E-state index contributed by atoms with van der Waals surface area (Å²) in [5.41, 5.74) is 2.07. The largest absolute Gasteiger partial charge is 0.343 e. The van der Waals surface area contributed by atoms with Crippen molar-refractivity contribution in [3.05, 3.63) is 35.4 Å². The first-order chi connectivity index (χ1) is 11.1. The molecule has 1 aromatic rings. The van der Waals surface area contributed by atoms with E-state index in [0.717, 1.165) is 37.9 Å². The molecule has 23 heavy (non-hydrogen) atoms. The standard InChI is InChI=1S/C20H29NO2/c1-3-4-5-6-7-20(23)21-14-12-19(13-15-21)18-10-8-17(9-11-18)16(2)22/h8-11,19H,3-7,12-15H2,1-2H3. The Labute approximate surface area is 140 Å². The molecule has 1 aliphatic heterocycles. The fourth-order valence-corrected chi connectivity index (χ4v) is 3.31. The molecule has 126 valence electrons.